The van der Waals surface area contributed by atoms with Gasteiger partial charge in [-0.2, -0.15) is 39.5 Å². The molecule has 0 aliphatic carbocycles. The van der Waals surface area contributed by atoms with E-state index >= 15 is 0 Å². The van der Waals surface area contributed by atoms with Crippen molar-refractivity contribution < 1.29 is 58.2 Å². The van der Waals surface area contributed by atoms with Crippen LogP contribution >= 0.6 is 11.8 Å². The van der Waals surface area contributed by atoms with Crippen LogP contribution < -0.4 is 5.32 Å². The molecule has 36 heavy (non-hydrogen) atoms. The quantitative estimate of drug-likeness (QED) is 0.236. The second kappa shape index (κ2) is 10.2. The predicted octanol–water partition coefficient (Wildman–Crippen LogP) is 7.15. The third kappa shape index (κ3) is 5.71. The molecule has 4 nitrogen and oxygen atoms in total. The molecule has 15 heteroatoms. The molecule has 0 saturated carbocycles. The fraction of sp³-hybridized carbons (Fsp3) is 0.333. The van der Waals surface area contributed by atoms with Gasteiger partial charge in [0.1, 0.15) is 0 Å². The minimum Gasteiger partial charge on any atom is -0.465 e. The highest BCUT2D eigenvalue weighted by molar-refractivity contribution is 7.99. The summed E-state index contributed by atoms with van der Waals surface area (Å²) in [6.45, 7) is 1.57. The summed E-state index contributed by atoms with van der Waals surface area (Å²) in [6, 6.07) is 2.49. The number of amides is 1. The average molecular weight is 551 g/mol. The van der Waals surface area contributed by atoms with Crippen LogP contribution in [0.2, 0.25) is 0 Å². The first kappa shape index (κ1) is 29.3. The molecule has 1 N–H and O–H groups in total. The Hall–Kier alpha value is -2.97. The van der Waals surface area contributed by atoms with E-state index in [1.54, 1.807) is 6.92 Å². The molecule has 0 fully saturated rings. The van der Waals surface area contributed by atoms with Crippen molar-refractivity contribution in [2.45, 2.75) is 36.0 Å². The van der Waals surface area contributed by atoms with E-state index in [0.717, 1.165) is 24.9 Å². The van der Waals surface area contributed by atoms with E-state index in [1.807, 2.05) is 5.32 Å². The maximum atomic E-state index is 14.4. The fourth-order valence-corrected chi connectivity index (χ4v) is 3.82. The van der Waals surface area contributed by atoms with Crippen molar-refractivity contribution in [2.24, 2.45) is 0 Å². The minimum atomic E-state index is -6.46. The Kier molecular flexibility index (Phi) is 8.28. The van der Waals surface area contributed by atoms with E-state index in [2.05, 4.69) is 4.74 Å². The molecule has 0 bridgehead atoms. The summed E-state index contributed by atoms with van der Waals surface area (Å²) in [7, 11) is 0.725. The summed E-state index contributed by atoms with van der Waals surface area (Å²) in [5, 5.41) is 2.04. The average Bonchev–Trinajstić information content (AvgIpc) is 2.76. The van der Waals surface area contributed by atoms with Gasteiger partial charge in [0, 0.05) is 10.5 Å². The van der Waals surface area contributed by atoms with E-state index < -0.39 is 58.5 Å². The molecular formula is C21H15F10NO3S. The number of methoxy groups -OCH3 is 1. The number of rotatable bonds is 6. The molecule has 0 unspecified atom stereocenters. The molecular weight excluding hydrogens is 536 g/mol. The van der Waals surface area contributed by atoms with E-state index in [4.69, 9.17) is 0 Å². The second-order valence-corrected chi connectivity index (χ2v) is 8.31. The Morgan fingerprint density at radius 2 is 1.39 bits per heavy atom. The fourth-order valence-electron chi connectivity index (χ4n) is 2.99. The summed E-state index contributed by atoms with van der Waals surface area (Å²) in [4.78, 5) is 24.7. The van der Waals surface area contributed by atoms with E-state index in [1.165, 1.54) is 0 Å². The molecule has 0 atom stereocenters. The van der Waals surface area contributed by atoms with E-state index in [9.17, 15) is 53.5 Å². The van der Waals surface area contributed by atoms with Crippen molar-refractivity contribution in [2.75, 3.05) is 18.2 Å². The SMILES string of the molecule is CCSc1cc(C(F)(F)F)ccc1C(=O)Nc1ccc(C(F)(C(F)(F)F)C(F)(F)F)cc1C(=O)OC. The molecule has 0 spiro atoms. The summed E-state index contributed by atoms with van der Waals surface area (Å²) >= 11 is 0.845. The van der Waals surface area contributed by atoms with Crippen LogP contribution in [0.3, 0.4) is 0 Å². The van der Waals surface area contributed by atoms with Crippen LogP contribution in [0.5, 0.6) is 0 Å². The number of carbonyl (C=O) groups excluding carboxylic acids is 2. The van der Waals surface area contributed by atoms with Gasteiger partial charge >= 0.3 is 30.2 Å². The van der Waals surface area contributed by atoms with Crippen LogP contribution in [0, 0.1) is 0 Å². The minimum absolute atomic E-state index is 0.0670. The maximum absolute atomic E-state index is 14.4. The van der Waals surface area contributed by atoms with Crippen LogP contribution in [-0.4, -0.2) is 37.1 Å². The van der Waals surface area contributed by atoms with Crippen LogP contribution in [-0.2, 0) is 16.6 Å². The normalized spacial score (nSPS) is 12.9. The molecule has 198 valence electrons. The van der Waals surface area contributed by atoms with Crippen molar-refractivity contribution in [1.82, 2.24) is 0 Å². The highest BCUT2D eigenvalue weighted by Crippen LogP contribution is 2.53. The Bertz CT molecular complexity index is 1130. The standard InChI is InChI=1S/C21H15F10NO3S/c1-3-36-15-9-11(19(23,24)25)4-6-12(15)16(33)32-14-7-5-10(8-13(14)17(34)35-2)18(22,20(26,27)28)21(29,30)31/h4-9H,3H2,1-2H3,(H,32,33). The summed E-state index contributed by atoms with van der Waals surface area (Å²) in [6.07, 6.45) is -17.7. The van der Waals surface area contributed by atoms with Gasteiger partial charge < -0.3 is 10.1 Å². The third-order valence-corrected chi connectivity index (χ3v) is 5.64. The number of esters is 1. The van der Waals surface area contributed by atoms with Crippen molar-refractivity contribution in [3.05, 3.63) is 58.7 Å². The summed E-state index contributed by atoms with van der Waals surface area (Å²) in [5.74, 6) is -2.43. The molecule has 0 saturated heterocycles. The third-order valence-electron chi connectivity index (χ3n) is 4.71. The second-order valence-electron chi connectivity index (χ2n) is 7.00. The summed E-state index contributed by atoms with van der Waals surface area (Å²) < 4.78 is 136. The van der Waals surface area contributed by atoms with E-state index in [-0.39, 0.29) is 28.3 Å². The topological polar surface area (TPSA) is 55.4 Å². The molecule has 0 aliphatic heterocycles. The largest absolute Gasteiger partial charge is 0.465 e. The zero-order valence-corrected chi connectivity index (χ0v) is 18.9. The molecule has 1 amide bonds. The highest BCUT2D eigenvalue weighted by atomic mass is 32.2. The van der Waals surface area contributed by atoms with Crippen molar-refractivity contribution in [3.8, 4) is 0 Å². The first-order valence-electron chi connectivity index (χ1n) is 9.59. The monoisotopic (exact) mass is 551 g/mol. The van der Waals surface area contributed by atoms with Gasteiger partial charge in [-0.3, -0.25) is 4.79 Å². The number of halogens is 10. The van der Waals surface area contributed by atoms with Gasteiger partial charge in [-0.25, -0.2) is 9.18 Å². The number of anilines is 1. The first-order valence-corrected chi connectivity index (χ1v) is 10.6. The lowest BCUT2D eigenvalue weighted by atomic mass is 9.92. The molecule has 0 heterocycles. The van der Waals surface area contributed by atoms with Gasteiger partial charge in [-0.1, -0.05) is 13.0 Å². The lowest BCUT2D eigenvalue weighted by Gasteiger charge is -2.30. The number of nitrogens with one attached hydrogen (secondary N) is 1. The maximum Gasteiger partial charge on any atom is 0.435 e. The van der Waals surface area contributed by atoms with Gasteiger partial charge in [0.25, 0.3) is 5.91 Å². The van der Waals surface area contributed by atoms with Gasteiger partial charge in [-0.15, -0.1) is 11.8 Å². The smallest absolute Gasteiger partial charge is 0.435 e. The van der Waals surface area contributed by atoms with Crippen LogP contribution in [0.4, 0.5) is 49.6 Å². The van der Waals surface area contributed by atoms with Crippen LogP contribution in [0.15, 0.2) is 41.3 Å². The highest BCUT2D eigenvalue weighted by Gasteiger charge is 2.73. The zero-order valence-electron chi connectivity index (χ0n) is 18.1. The predicted molar refractivity (Wildman–Crippen MR) is 108 cm³/mol. The van der Waals surface area contributed by atoms with Crippen molar-refractivity contribution >= 4 is 29.3 Å². The number of benzene rings is 2. The molecule has 2 rings (SSSR count). The molecule has 0 aliphatic rings. The Morgan fingerprint density at radius 1 is 0.833 bits per heavy atom. The van der Waals surface area contributed by atoms with Crippen molar-refractivity contribution in [3.63, 3.8) is 0 Å². The number of ether oxygens (including phenoxy) is 1. The van der Waals surface area contributed by atoms with Gasteiger partial charge in [0.15, 0.2) is 0 Å². The molecule has 2 aromatic carbocycles. The lowest BCUT2D eigenvalue weighted by molar-refractivity contribution is -0.348. The van der Waals surface area contributed by atoms with E-state index in [0.29, 0.717) is 18.2 Å². The number of hydrogen-bond acceptors (Lipinski definition) is 4. The zero-order chi connectivity index (χ0) is 27.7. The molecule has 2 aromatic rings. The lowest BCUT2D eigenvalue weighted by Crippen LogP contribution is -2.50. The number of carbonyl (C=O) groups is 2. The van der Waals surface area contributed by atoms with Crippen LogP contribution in [0.1, 0.15) is 38.8 Å². The molecule has 0 radical (unpaired) electrons. The first-order chi connectivity index (χ1) is 16.4. The number of thioether (sulfide) groups is 1. The Morgan fingerprint density at radius 3 is 1.86 bits per heavy atom. The number of hydrogen-bond donors (Lipinski definition) is 1. The Labute approximate surface area is 201 Å². The van der Waals surface area contributed by atoms with Gasteiger partial charge in [0.05, 0.1) is 29.5 Å². The summed E-state index contributed by atoms with van der Waals surface area (Å²) in [5.41, 5.74) is -11.0. The Balaban J connectivity index is 2.60. The van der Waals surface area contributed by atoms with Crippen molar-refractivity contribution in [1.29, 1.82) is 0 Å². The van der Waals surface area contributed by atoms with Gasteiger partial charge in [-0.05, 0) is 36.1 Å². The number of alkyl halides is 10. The van der Waals surface area contributed by atoms with Crippen LogP contribution in [0.25, 0.3) is 0 Å². The molecule has 0 aromatic heterocycles. The van der Waals surface area contributed by atoms with Gasteiger partial charge in [0.2, 0.25) is 0 Å².